The molecule has 0 radical (unpaired) electrons. The van der Waals surface area contributed by atoms with E-state index in [1.165, 1.54) is 0 Å². The van der Waals surface area contributed by atoms with Gasteiger partial charge in [-0.2, -0.15) is 0 Å². The van der Waals surface area contributed by atoms with E-state index in [-0.39, 0.29) is 27.7 Å². The minimum absolute atomic E-state index is 0.0293. The predicted molar refractivity (Wildman–Crippen MR) is 94.2 cm³/mol. The van der Waals surface area contributed by atoms with Crippen molar-refractivity contribution in [3.8, 4) is 0 Å². The molecule has 4 saturated carbocycles. The highest BCUT2D eigenvalue weighted by molar-refractivity contribution is 6.04. The third kappa shape index (κ3) is 1.51. The number of ketones is 2. The number of hydrogen-bond acceptors (Lipinski definition) is 3. The lowest BCUT2D eigenvalue weighted by molar-refractivity contribution is -0.130. The fourth-order valence-electron chi connectivity index (χ4n) is 6.55. The zero-order chi connectivity index (χ0) is 17.7. The Morgan fingerprint density at radius 2 is 1.54 bits per heavy atom. The SMILES string of the molecule is CC1(C)[C@@H]2CC[C@]1(C)C(=O)[C@@H]2N/C=C1/C(=O)[C@@]2(C)CC[C@@H]1C2(C)C. The second-order valence-corrected chi connectivity index (χ2v) is 10.3. The first-order valence-corrected chi connectivity index (χ1v) is 9.54. The van der Waals surface area contributed by atoms with Gasteiger partial charge in [-0.25, -0.2) is 0 Å². The van der Waals surface area contributed by atoms with Crippen LogP contribution in [-0.4, -0.2) is 17.6 Å². The Balaban J connectivity index is 1.62. The summed E-state index contributed by atoms with van der Waals surface area (Å²) in [4.78, 5) is 25.9. The molecule has 5 atom stereocenters. The minimum atomic E-state index is -0.227. The summed E-state index contributed by atoms with van der Waals surface area (Å²) in [7, 11) is 0. The molecule has 24 heavy (non-hydrogen) atoms. The van der Waals surface area contributed by atoms with Gasteiger partial charge in [0.05, 0.1) is 6.04 Å². The van der Waals surface area contributed by atoms with Crippen molar-refractivity contribution in [1.82, 2.24) is 5.32 Å². The van der Waals surface area contributed by atoms with Gasteiger partial charge in [-0.15, -0.1) is 0 Å². The molecule has 1 N–H and O–H groups in total. The van der Waals surface area contributed by atoms with E-state index in [1.54, 1.807) is 0 Å². The summed E-state index contributed by atoms with van der Waals surface area (Å²) in [6.07, 6.45) is 6.13. The van der Waals surface area contributed by atoms with Crippen LogP contribution in [0.4, 0.5) is 0 Å². The summed E-state index contributed by atoms with van der Waals surface area (Å²) in [5, 5.41) is 3.42. The Bertz CT molecular complexity index is 673. The van der Waals surface area contributed by atoms with Crippen LogP contribution in [0.2, 0.25) is 0 Å². The van der Waals surface area contributed by atoms with Crippen LogP contribution in [0.1, 0.15) is 67.2 Å². The molecule has 0 aromatic heterocycles. The van der Waals surface area contributed by atoms with Crippen LogP contribution in [-0.2, 0) is 9.59 Å². The number of Topliss-reactive ketones (excluding diaryl/α,β-unsaturated/α-hetero) is 2. The average molecular weight is 329 g/mol. The smallest absolute Gasteiger partial charge is 0.167 e. The quantitative estimate of drug-likeness (QED) is 0.782. The molecule has 0 unspecified atom stereocenters. The van der Waals surface area contributed by atoms with Crippen molar-refractivity contribution in [2.24, 2.45) is 33.5 Å². The van der Waals surface area contributed by atoms with Crippen LogP contribution < -0.4 is 5.32 Å². The Hall–Kier alpha value is -1.12. The van der Waals surface area contributed by atoms with E-state index in [1.807, 2.05) is 6.20 Å². The van der Waals surface area contributed by atoms with Gasteiger partial charge < -0.3 is 5.32 Å². The number of rotatable bonds is 2. The molecule has 0 aromatic carbocycles. The zero-order valence-electron chi connectivity index (χ0n) is 16.0. The maximum absolute atomic E-state index is 13.0. The van der Waals surface area contributed by atoms with Crippen LogP contribution in [0, 0.1) is 33.5 Å². The molecular weight excluding hydrogens is 298 g/mol. The molecule has 4 fully saturated rings. The van der Waals surface area contributed by atoms with Crippen LogP contribution in [0.15, 0.2) is 11.8 Å². The highest BCUT2D eigenvalue weighted by atomic mass is 16.1. The van der Waals surface area contributed by atoms with Crippen molar-refractivity contribution in [3.63, 3.8) is 0 Å². The fourth-order valence-corrected chi connectivity index (χ4v) is 6.55. The third-order valence-corrected chi connectivity index (χ3v) is 9.32. The second kappa shape index (κ2) is 4.34. The van der Waals surface area contributed by atoms with Crippen molar-refractivity contribution in [3.05, 3.63) is 11.8 Å². The highest BCUT2D eigenvalue weighted by Gasteiger charge is 2.67. The van der Waals surface area contributed by atoms with Crippen LogP contribution >= 0.6 is 0 Å². The summed E-state index contributed by atoms with van der Waals surface area (Å²) >= 11 is 0. The van der Waals surface area contributed by atoms with Crippen molar-refractivity contribution in [2.45, 2.75) is 73.3 Å². The molecule has 4 aliphatic carbocycles. The van der Waals surface area contributed by atoms with Crippen molar-refractivity contribution < 1.29 is 9.59 Å². The van der Waals surface area contributed by atoms with Crippen LogP contribution in [0.25, 0.3) is 0 Å². The summed E-state index contributed by atoms with van der Waals surface area (Å²) < 4.78 is 0. The fraction of sp³-hybridized carbons (Fsp3) is 0.810. The predicted octanol–water partition coefficient (Wildman–Crippen LogP) is 3.88. The number of nitrogens with one attached hydrogen (secondary N) is 1. The van der Waals surface area contributed by atoms with Gasteiger partial charge in [-0.1, -0.05) is 41.5 Å². The van der Waals surface area contributed by atoms with E-state index >= 15 is 0 Å². The second-order valence-electron chi connectivity index (χ2n) is 10.3. The topological polar surface area (TPSA) is 46.2 Å². The van der Waals surface area contributed by atoms with Crippen molar-refractivity contribution >= 4 is 11.6 Å². The minimum Gasteiger partial charge on any atom is -0.381 e. The monoisotopic (exact) mass is 329 g/mol. The summed E-state index contributed by atoms with van der Waals surface area (Å²) in [6.45, 7) is 13.2. The number of allylic oxidation sites excluding steroid dienone is 1. The first kappa shape index (κ1) is 16.4. The molecule has 0 aliphatic heterocycles. The van der Waals surface area contributed by atoms with Gasteiger partial charge in [0, 0.05) is 22.6 Å². The van der Waals surface area contributed by atoms with E-state index in [0.29, 0.717) is 23.4 Å². The summed E-state index contributed by atoms with van der Waals surface area (Å²) in [5.74, 6) is 1.36. The Morgan fingerprint density at radius 1 is 0.917 bits per heavy atom. The molecule has 0 spiro atoms. The van der Waals surface area contributed by atoms with E-state index in [9.17, 15) is 9.59 Å². The Labute approximate surface area is 145 Å². The van der Waals surface area contributed by atoms with E-state index in [2.05, 4.69) is 46.9 Å². The van der Waals surface area contributed by atoms with Gasteiger partial charge in [-0.3, -0.25) is 9.59 Å². The maximum Gasteiger partial charge on any atom is 0.167 e. The molecule has 3 heteroatoms. The lowest BCUT2D eigenvalue weighted by atomic mass is 9.70. The molecule has 4 rings (SSSR count). The van der Waals surface area contributed by atoms with Crippen molar-refractivity contribution in [1.29, 1.82) is 0 Å². The lowest BCUT2D eigenvalue weighted by Crippen LogP contribution is -2.41. The van der Waals surface area contributed by atoms with Gasteiger partial charge in [-0.05, 0) is 48.3 Å². The summed E-state index contributed by atoms with van der Waals surface area (Å²) in [6, 6.07) is -0.117. The van der Waals surface area contributed by atoms with Crippen LogP contribution in [0.5, 0.6) is 0 Å². The number of carbonyl (C=O) groups is 2. The normalized spacial score (nSPS) is 49.4. The van der Waals surface area contributed by atoms with Gasteiger partial charge in [0.15, 0.2) is 11.6 Å². The average Bonchev–Trinajstić information content (AvgIpc) is 2.97. The molecule has 0 saturated heterocycles. The van der Waals surface area contributed by atoms with E-state index < -0.39 is 0 Å². The van der Waals surface area contributed by atoms with E-state index in [0.717, 1.165) is 31.3 Å². The Morgan fingerprint density at radius 3 is 2.04 bits per heavy atom. The molecular formula is C21H31NO2. The molecule has 4 bridgehead atoms. The largest absolute Gasteiger partial charge is 0.381 e. The number of carbonyl (C=O) groups excluding carboxylic acids is 2. The molecule has 3 nitrogen and oxygen atoms in total. The number of fused-ring (bicyclic) bond motifs is 4. The molecule has 0 heterocycles. The molecule has 132 valence electrons. The first-order chi connectivity index (χ1) is 11.0. The number of hydrogen-bond donors (Lipinski definition) is 1. The Kier molecular flexibility index (Phi) is 2.96. The van der Waals surface area contributed by atoms with Gasteiger partial charge in [0.25, 0.3) is 0 Å². The molecule has 0 aromatic rings. The van der Waals surface area contributed by atoms with Crippen LogP contribution in [0.3, 0.4) is 0 Å². The molecule has 0 amide bonds. The maximum atomic E-state index is 13.0. The van der Waals surface area contributed by atoms with Gasteiger partial charge >= 0.3 is 0 Å². The highest BCUT2D eigenvalue weighted by Crippen LogP contribution is 2.66. The van der Waals surface area contributed by atoms with Gasteiger partial charge in [0.2, 0.25) is 0 Å². The first-order valence-electron chi connectivity index (χ1n) is 9.54. The van der Waals surface area contributed by atoms with E-state index in [4.69, 9.17) is 0 Å². The zero-order valence-corrected chi connectivity index (χ0v) is 16.0. The lowest BCUT2D eigenvalue weighted by Gasteiger charge is -2.32. The summed E-state index contributed by atoms with van der Waals surface area (Å²) in [5.41, 5.74) is 0.575. The molecule has 4 aliphatic rings. The standard InChI is InChI=1S/C21H31NO2/c1-18(2)13-7-9-20(18,5)16(23)12(13)11-22-15-14-8-10-21(6,17(15)24)19(14,3)4/h11,13-15,22H,7-10H2,1-6H3/b12-11+/t13-,14+,15+,20+,21+/m0/s1. The van der Waals surface area contributed by atoms with Crippen molar-refractivity contribution in [2.75, 3.05) is 0 Å². The van der Waals surface area contributed by atoms with Gasteiger partial charge in [0.1, 0.15) is 0 Å². The third-order valence-electron chi connectivity index (χ3n) is 9.32.